The number of carboxylic acid groups (broad SMARTS) is 1. The Hall–Kier alpha value is -1.13. The van der Waals surface area contributed by atoms with E-state index in [-0.39, 0.29) is 5.92 Å². The van der Waals surface area contributed by atoms with Gasteiger partial charge < -0.3 is 16.6 Å². The van der Waals surface area contributed by atoms with Gasteiger partial charge in [0.05, 0.1) is 5.66 Å². The Morgan fingerprint density at radius 3 is 1.96 bits per heavy atom. The summed E-state index contributed by atoms with van der Waals surface area (Å²) in [5.41, 5.74) is 10.4. The van der Waals surface area contributed by atoms with E-state index >= 15 is 0 Å². The van der Waals surface area contributed by atoms with Crippen molar-refractivity contribution in [3.05, 3.63) is 24.3 Å². The SMILES string of the molecule is CCCCCC=CCC=CCCCCCCCCC(N)(N)C1(C(=O)O)CC1C. The molecule has 0 saturated heterocycles. The van der Waals surface area contributed by atoms with Crippen LogP contribution in [0, 0.1) is 11.3 Å². The van der Waals surface area contributed by atoms with Crippen molar-refractivity contribution in [3.63, 3.8) is 0 Å². The van der Waals surface area contributed by atoms with E-state index in [0.29, 0.717) is 12.8 Å². The smallest absolute Gasteiger partial charge is 0.313 e. The lowest BCUT2D eigenvalue weighted by atomic mass is 9.84. The van der Waals surface area contributed by atoms with Crippen LogP contribution in [0.3, 0.4) is 0 Å². The minimum absolute atomic E-state index is 0.0876. The Balaban J connectivity index is 1.97. The largest absolute Gasteiger partial charge is 0.481 e. The predicted octanol–water partition coefficient (Wildman–Crippen LogP) is 5.91. The average molecular weight is 393 g/mol. The quantitative estimate of drug-likeness (QED) is 0.163. The van der Waals surface area contributed by atoms with E-state index in [9.17, 15) is 9.90 Å². The monoisotopic (exact) mass is 392 g/mol. The molecule has 0 amide bonds. The van der Waals surface area contributed by atoms with Crippen LogP contribution in [0.25, 0.3) is 0 Å². The van der Waals surface area contributed by atoms with Gasteiger partial charge in [-0.3, -0.25) is 4.79 Å². The van der Waals surface area contributed by atoms with Gasteiger partial charge in [0, 0.05) is 0 Å². The van der Waals surface area contributed by atoms with Crippen molar-refractivity contribution < 1.29 is 9.90 Å². The van der Waals surface area contributed by atoms with Gasteiger partial charge in [-0.15, -0.1) is 0 Å². The van der Waals surface area contributed by atoms with Crippen molar-refractivity contribution in [2.24, 2.45) is 22.8 Å². The van der Waals surface area contributed by atoms with E-state index in [1.807, 2.05) is 6.92 Å². The zero-order chi connectivity index (χ0) is 20.9. The molecule has 4 heteroatoms. The molecular weight excluding hydrogens is 348 g/mol. The van der Waals surface area contributed by atoms with E-state index < -0.39 is 17.0 Å². The highest BCUT2D eigenvalue weighted by Crippen LogP contribution is 2.58. The Bertz CT molecular complexity index is 499. The molecule has 0 spiro atoms. The molecule has 1 saturated carbocycles. The highest BCUT2D eigenvalue weighted by molar-refractivity contribution is 5.80. The van der Waals surface area contributed by atoms with E-state index in [2.05, 4.69) is 31.2 Å². The molecule has 0 aromatic rings. The van der Waals surface area contributed by atoms with Crippen LogP contribution in [0.2, 0.25) is 0 Å². The van der Waals surface area contributed by atoms with Crippen LogP contribution in [-0.2, 0) is 4.79 Å². The second-order valence-corrected chi connectivity index (χ2v) is 8.76. The average Bonchev–Trinajstić information content (AvgIpc) is 3.35. The van der Waals surface area contributed by atoms with Crippen molar-refractivity contribution in [1.82, 2.24) is 0 Å². The molecule has 0 aromatic carbocycles. The van der Waals surface area contributed by atoms with Crippen molar-refractivity contribution in [3.8, 4) is 0 Å². The first-order valence-electron chi connectivity index (χ1n) is 11.5. The lowest BCUT2D eigenvalue weighted by Gasteiger charge is -2.32. The minimum atomic E-state index is -1.08. The molecule has 2 atom stereocenters. The zero-order valence-corrected chi connectivity index (χ0v) is 18.3. The van der Waals surface area contributed by atoms with Gasteiger partial charge in [-0.05, 0) is 50.9 Å². The van der Waals surface area contributed by atoms with Crippen LogP contribution in [0.5, 0.6) is 0 Å². The molecule has 1 rings (SSSR count). The molecule has 0 radical (unpaired) electrons. The van der Waals surface area contributed by atoms with Crippen LogP contribution < -0.4 is 11.5 Å². The third-order valence-corrected chi connectivity index (χ3v) is 6.31. The summed E-state index contributed by atoms with van der Waals surface area (Å²) in [6, 6.07) is 0. The summed E-state index contributed by atoms with van der Waals surface area (Å²) in [5, 5.41) is 9.48. The molecule has 0 aromatic heterocycles. The first-order chi connectivity index (χ1) is 13.4. The maximum atomic E-state index is 11.5. The number of nitrogens with two attached hydrogens (primary N) is 2. The van der Waals surface area contributed by atoms with E-state index in [1.54, 1.807) is 0 Å². The first kappa shape index (κ1) is 24.9. The molecule has 1 aliphatic rings. The Morgan fingerprint density at radius 2 is 1.46 bits per heavy atom. The van der Waals surface area contributed by atoms with Crippen LogP contribution in [0.15, 0.2) is 24.3 Å². The highest BCUT2D eigenvalue weighted by atomic mass is 16.4. The summed E-state index contributed by atoms with van der Waals surface area (Å²) in [4.78, 5) is 11.5. The van der Waals surface area contributed by atoms with Crippen LogP contribution in [-0.4, -0.2) is 16.7 Å². The maximum absolute atomic E-state index is 11.5. The molecule has 2 unspecified atom stereocenters. The minimum Gasteiger partial charge on any atom is -0.481 e. The molecule has 162 valence electrons. The van der Waals surface area contributed by atoms with E-state index in [0.717, 1.165) is 25.7 Å². The summed E-state index contributed by atoms with van der Waals surface area (Å²) in [6.07, 6.45) is 24.6. The second kappa shape index (κ2) is 13.2. The fourth-order valence-electron chi connectivity index (χ4n) is 4.20. The van der Waals surface area contributed by atoms with Gasteiger partial charge in [0.15, 0.2) is 0 Å². The lowest BCUT2D eigenvalue weighted by molar-refractivity contribution is -0.147. The highest BCUT2D eigenvalue weighted by Gasteiger charge is 2.67. The Morgan fingerprint density at radius 1 is 0.964 bits per heavy atom. The summed E-state index contributed by atoms with van der Waals surface area (Å²) in [5.74, 6) is -0.741. The Labute approximate surface area is 172 Å². The third-order valence-electron chi connectivity index (χ3n) is 6.31. The van der Waals surface area contributed by atoms with E-state index in [4.69, 9.17) is 11.5 Å². The number of rotatable bonds is 17. The molecule has 0 bridgehead atoms. The third kappa shape index (κ3) is 8.08. The zero-order valence-electron chi connectivity index (χ0n) is 18.3. The number of unbranched alkanes of at least 4 members (excludes halogenated alkanes) is 9. The number of hydrogen-bond acceptors (Lipinski definition) is 3. The topological polar surface area (TPSA) is 89.3 Å². The number of allylic oxidation sites excluding steroid dienone is 4. The van der Waals surface area contributed by atoms with Gasteiger partial charge in [-0.2, -0.15) is 0 Å². The first-order valence-corrected chi connectivity index (χ1v) is 11.5. The van der Waals surface area contributed by atoms with Gasteiger partial charge >= 0.3 is 5.97 Å². The summed E-state index contributed by atoms with van der Waals surface area (Å²) < 4.78 is 0. The van der Waals surface area contributed by atoms with Gasteiger partial charge in [0.1, 0.15) is 5.41 Å². The fraction of sp³-hybridized carbons (Fsp3) is 0.792. The van der Waals surface area contributed by atoms with Crippen LogP contribution in [0.1, 0.15) is 104 Å². The standard InChI is InChI=1S/C24H44N2O2/c1-3-4-5-6-7-8-9-10-11-12-13-14-15-16-17-18-19-24(25,26)23(22(27)28)20-21(23)2/h7-8,10-11,21H,3-6,9,12-20,25-26H2,1-2H3,(H,27,28). The number of aliphatic carboxylic acids is 1. The molecular formula is C24H44N2O2. The lowest BCUT2D eigenvalue weighted by Crippen LogP contribution is -2.60. The number of carboxylic acids is 1. The summed E-state index contributed by atoms with van der Waals surface area (Å²) in [6.45, 7) is 4.17. The molecule has 4 nitrogen and oxygen atoms in total. The molecule has 0 aliphatic heterocycles. The number of hydrogen-bond donors (Lipinski definition) is 3. The molecule has 28 heavy (non-hydrogen) atoms. The van der Waals surface area contributed by atoms with Crippen molar-refractivity contribution in [1.29, 1.82) is 0 Å². The molecule has 5 N–H and O–H groups in total. The fourth-order valence-corrected chi connectivity index (χ4v) is 4.20. The van der Waals surface area contributed by atoms with Crippen molar-refractivity contribution in [2.45, 2.75) is 109 Å². The van der Waals surface area contributed by atoms with Crippen LogP contribution >= 0.6 is 0 Å². The van der Waals surface area contributed by atoms with Crippen LogP contribution in [0.4, 0.5) is 0 Å². The van der Waals surface area contributed by atoms with Gasteiger partial charge in [0.25, 0.3) is 0 Å². The van der Waals surface area contributed by atoms with Gasteiger partial charge in [0.2, 0.25) is 0 Å². The summed E-state index contributed by atoms with van der Waals surface area (Å²) in [7, 11) is 0. The number of carbonyl (C=O) groups is 1. The predicted molar refractivity (Wildman–Crippen MR) is 119 cm³/mol. The second-order valence-electron chi connectivity index (χ2n) is 8.76. The summed E-state index contributed by atoms with van der Waals surface area (Å²) >= 11 is 0. The normalized spacial score (nSPS) is 22.4. The van der Waals surface area contributed by atoms with Gasteiger partial charge in [-0.1, -0.05) is 83.1 Å². The van der Waals surface area contributed by atoms with Crippen molar-refractivity contribution in [2.75, 3.05) is 0 Å². The molecule has 1 aliphatic carbocycles. The van der Waals surface area contributed by atoms with Gasteiger partial charge in [-0.25, -0.2) is 0 Å². The molecule has 0 heterocycles. The van der Waals surface area contributed by atoms with E-state index in [1.165, 1.54) is 51.4 Å². The maximum Gasteiger partial charge on any atom is 0.313 e. The van der Waals surface area contributed by atoms with Crippen molar-refractivity contribution >= 4 is 5.97 Å². The Kier molecular flexibility index (Phi) is 11.7. The molecule has 1 fully saturated rings.